The number of nitrogens with one attached hydrogen (secondary N) is 1. The molecule has 1 aliphatic rings. The van der Waals surface area contributed by atoms with Crippen molar-refractivity contribution in [1.29, 1.82) is 0 Å². The fourth-order valence-corrected chi connectivity index (χ4v) is 4.53. The third-order valence-electron chi connectivity index (χ3n) is 5.83. The van der Waals surface area contributed by atoms with E-state index in [1.165, 1.54) is 11.8 Å². The van der Waals surface area contributed by atoms with E-state index in [1.54, 1.807) is 0 Å². The first kappa shape index (κ1) is 21.7. The Bertz CT molecular complexity index is 1280. The van der Waals surface area contributed by atoms with Gasteiger partial charge in [0.25, 0.3) is 0 Å². The Morgan fingerprint density at radius 1 is 1.09 bits per heavy atom. The van der Waals surface area contributed by atoms with Gasteiger partial charge in [0.15, 0.2) is 10.8 Å². The van der Waals surface area contributed by atoms with Gasteiger partial charge in [-0.2, -0.15) is 5.10 Å². The van der Waals surface area contributed by atoms with Crippen LogP contribution in [0.3, 0.4) is 0 Å². The zero-order chi connectivity index (χ0) is 22.6. The lowest BCUT2D eigenvalue weighted by Gasteiger charge is -2.28. The Morgan fingerprint density at radius 3 is 2.76 bits per heavy atom. The molecule has 1 amide bonds. The number of nitrogens with zero attached hydrogens (tertiary/aromatic N) is 5. The largest absolute Gasteiger partial charge is 0.378 e. The summed E-state index contributed by atoms with van der Waals surface area (Å²) in [6.45, 7) is 4.00. The number of rotatable bonds is 7. The van der Waals surface area contributed by atoms with E-state index in [4.69, 9.17) is 14.7 Å². The minimum absolute atomic E-state index is 0.00347. The number of benzene rings is 2. The van der Waals surface area contributed by atoms with Crippen LogP contribution >= 0.6 is 11.8 Å². The van der Waals surface area contributed by atoms with Crippen molar-refractivity contribution in [2.75, 3.05) is 44.0 Å². The summed E-state index contributed by atoms with van der Waals surface area (Å²) in [5, 5.41) is 11.5. The number of hydrogen-bond donors (Lipinski definition) is 1. The van der Waals surface area contributed by atoms with Gasteiger partial charge in [0.2, 0.25) is 5.91 Å². The van der Waals surface area contributed by atoms with Gasteiger partial charge >= 0.3 is 0 Å². The summed E-state index contributed by atoms with van der Waals surface area (Å²) in [5.74, 6) is 0.898. The van der Waals surface area contributed by atoms with Gasteiger partial charge in [0.1, 0.15) is 5.82 Å². The van der Waals surface area contributed by atoms with Gasteiger partial charge in [-0.1, -0.05) is 54.2 Å². The van der Waals surface area contributed by atoms with Crippen molar-refractivity contribution < 1.29 is 9.53 Å². The number of carbonyl (C=O) groups is 1. The second kappa shape index (κ2) is 9.76. The van der Waals surface area contributed by atoms with E-state index in [0.29, 0.717) is 37.9 Å². The van der Waals surface area contributed by atoms with Crippen LogP contribution in [-0.2, 0) is 22.5 Å². The Hall–Kier alpha value is -3.17. The molecule has 0 unspecified atom stereocenters. The quantitative estimate of drug-likeness (QED) is 0.334. The van der Waals surface area contributed by atoms with Crippen molar-refractivity contribution in [3.8, 4) is 0 Å². The van der Waals surface area contributed by atoms with Crippen molar-refractivity contribution in [3.63, 3.8) is 0 Å². The Labute approximate surface area is 196 Å². The number of morpholine rings is 1. The van der Waals surface area contributed by atoms with Gasteiger partial charge in [0.05, 0.1) is 37.8 Å². The van der Waals surface area contributed by atoms with Crippen LogP contribution in [0.15, 0.2) is 53.8 Å². The topological polar surface area (TPSA) is 85.2 Å². The van der Waals surface area contributed by atoms with Crippen LogP contribution in [0.1, 0.15) is 5.56 Å². The van der Waals surface area contributed by atoms with E-state index in [0.717, 1.165) is 46.3 Å². The average Bonchev–Trinajstić information content (AvgIpc) is 3.27. The third-order valence-corrected chi connectivity index (χ3v) is 6.37. The second-order valence-electron chi connectivity index (χ2n) is 7.90. The molecule has 0 aliphatic carbocycles. The number of hydrogen-bond acceptors (Lipinski definition) is 7. The molecule has 0 atom stereocenters. The molecule has 33 heavy (non-hydrogen) atoms. The lowest BCUT2D eigenvalue weighted by atomic mass is 10.0. The van der Waals surface area contributed by atoms with Crippen molar-refractivity contribution in [3.05, 3.63) is 54.2 Å². The maximum atomic E-state index is 12.6. The van der Waals surface area contributed by atoms with Gasteiger partial charge in [-0.05, 0) is 22.6 Å². The van der Waals surface area contributed by atoms with Crippen molar-refractivity contribution in [2.24, 2.45) is 0 Å². The van der Waals surface area contributed by atoms with Crippen molar-refractivity contribution >= 4 is 45.3 Å². The van der Waals surface area contributed by atoms with Crippen LogP contribution in [0.2, 0.25) is 0 Å². The molecular weight excluding hydrogens is 436 g/mol. The Kier molecular flexibility index (Phi) is 6.41. The molecule has 8 nitrogen and oxygen atoms in total. The van der Waals surface area contributed by atoms with Gasteiger partial charge in [0, 0.05) is 19.6 Å². The zero-order valence-electron chi connectivity index (χ0n) is 18.5. The summed E-state index contributed by atoms with van der Waals surface area (Å²) < 4.78 is 7.33. The highest BCUT2D eigenvalue weighted by Crippen LogP contribution is 2.27. The summed E-state index contributed by atoms with van der Waals surface area (Å²) in [7, 11) is 0. The molecule has 4 aromatic rings. The molecule has 0 saturated carbocycles. The predicted octanol–water partition coefficient (Wildman–Crippen LogP) is 2.90. The lowest BCUT2D eigenvalue weighted by molar-refractivity contribution is -0.120. The van der Waals surface area contributed by atoms with Crippen LogP contribution in [0, 0.1) is 0 Å². The first-order valence-electron chi connectivity index (χ1n) is 11.1. The highest BCUT2D eigenvalue weighted by Gasteiger charge is 2.20. The first-order chi connectivity index (χ1) is 16.2. The van der Waals surface area contributed by atoms with Crippen LogP contribution in [-0.4, -0.2) is 64.8 Å². The molecule has 0 bridgehead atoms. The summed E-state index contributed by atoms with van der Waals surface area (Å²) >= 11 is 1.51. The number of carbonyl (C=O) groups excluding carboxylic acids is 1. The van der Waals surface area contributed by atoms with Crippen LogP contribution in [0.25, 0.3) is 21.8 Å². The standard InChI is InChI=1S/C24H26N6O2S/c1-33-24-27-22(29-11-13-32-14-12-29)20-16-26-30(23(20)28-24)10-9-25-21(31)15-18-7-4-6-17-5-2-3-8-19(17)18/h2-8,16H,9-15H2,1H3,(H,25,31). The maximum Gasteiger partial charge on any atom is 0.224 e. The molecular formula is C24H26N6O2S. The molecule has 5 rings (SSSR count). The minimum atomic E-state index is -0.00347. The fraction of sp³-hybridized carbons (Fsp3) is 0.333. The molecule has 1 N–H and O–H groups in total. The molecule has 1 saturated heterocycles. The minimum Gasteiger partial charge on any atom is -0.378 e. The maximum absolute atomic E-state index is 12.6. The third kappa shape index (κ3) is 4.65. The number of anilines is 1. The number of aromatic nitrogens is 4. The molecule has 0 spiro atoms. The molecule has 170 valence electrons. The van der Waals surface area contributed by atoms with Crippen LogP contribution in [0.5, 0.6) is 0 Å². The summed E-state index contributed by atoms with van der Waals surface area (Å²) in [5.41, 5.74) is 1.82. The number of ether oxygens (including phenoxy) is 1. The fourth-order valence-electron chi connectivity index (χ4n) is 4.18. The molecule has 1 aliphatic heterocycles. The molecule has 3 heterocycles. The monoisotopic (exact) mass is 462 g/mol. The molecule has 2 aromatic heterocycles. The van der Waals surface area contributed by atoms with Crippen molar-refractivity contribution in [1.82, 2.24) is 25.1 Å². The van der Waals surface area contributed by atoms with Crippen LogP contribution < -0.4 is 10.2 Å². The van der Waals surface area contributed by atoms with Crippen LogP contribution in [0.4, 0.5) is 5.82 Å². The number of fused-ring (bicyclic) bond motifs is 2. The highest BCUT2D eigenvalue weighted by molar-refractivity contribution is 7.98. The molecule has 0 radical (unpaired) electrons. The SMILES string of the molecule is CSc1nc(N2CCOCC2)c2cnn(CCNC(=O)Cc3cccc4ccccc34)c2n1. The average molecular weight is 463 g/mol. The van der Waals surface area contributed by atoms with E-state index in [-0.39, 0.29) is 5.91 Å². The normalized spacial score (nSPS) is 14.2. The van der Waals surface area contributed by atoms with Gasteiger partial charge in [-0.25, -0.2) is 14.6 Å². The summed E-state index contributed by atoms with van der Waals surface area (Å²) in [6, 6.07) is 14.2. The highest BCUT2D eigenvalue weighted by atomic mass is 32.2. The molecule has 9 heteroatoms. The smallest absolute Gasteiger partial charge is 0.224 e. The Morgan fingerprint density at radius 2 is 1.91 bits per heavy atom. The van der Waals surface area contributed by atoms with E-state index in [1.807, 2.05) is 41.4 Å². The number of thioether (sulfide) groups is 1. The Balaban J connectivity index is 1.28. The van der Waals surface area contributed by atoms with Gasteiger partial charge in [-0.3, -0.25) is 4.79 Å². The van der Waals surface area contributed by atoms with Gasteiger partial charge < -0.3 is 15.0 Å². The first-order valence-corrected chi connectivity index (χ1v) is 12.3. The molecule has 1 fully saturated rings. The number of amides is 1. The molecule has 2 aromatic carbocycles. The second-order valence-corrected chi connectivity index (χ2v) is 8.68. The van der Waals surface area contributed by atoms with E-state index < -0.39 is 0 Å². The zero-order valence-corrected chi connectivity index (χ0v) is 19.3. The van der Waals surface area contributed by atoms with Gasteiger partial charge in [-0.15, -0.1) is 0 Å². The van der Waals surface area contributed by atoms with E-state index >= 15 is 0 Å². The summed E-state index contributed by atoms with van der Waals surface area (Å²) in [6.07, 6.45) is 4.14. The van der Waals surface area contributed by atoms with Crippen molar-refractivity contribution in [2.45, 2.75) is 18.1 Å². The lowest BCUT2D eigenvalue weighted by Crippen LogP contribution is -2.37. The predicted molar refractivity (Wildman–Crippen MR) is 131 cm³/mol. The van der Waals surface area contributed by atoms with E-state index in [2.05, 4.69) is 33.5 Å². The van der Waals surface area contributed by atoms with E-state index in [9.17, 15) is 4.79 Å². The summed E-state index contributed by atoms with van der Waals surface area (Å²) in [4.78, 5) is 24.3.